The number of aromatic nitrogens is 1. The average molecular weight is 318 g/mol. The van der Waals surface area contributed by atoms with E-state index in [1.165, 1.54) is 24.1 Å². The molecule has 1 aliphatic heterocycles. The lowest BCUT2D eigenvalue weighted by molar-refractivity contribution is 0.949. The fourth-order valence-corrected chi connectivity index (χ4v) is 3.47. The number of hydrogen-bond acceptors (Lipinski definition) is 4. The molecule has 4 heteroatoms. The van der Waals surface area contributed by atoms with Crippen LogP contribution in [0.4, 0.5) is 17.1 Å². The summed E-state index contributed by atoms with van der Waals surface area (Å²) in [5, 5.41) is 0.921. The first-order chi connectivity index (χ1) is 11.7. The maximum atomic E-state index is 6.26. The Morgan fingerprint density at radius 1 is 0.917 bits per heavy atom. The van der Waals surface area contributed by atoms with Gasteiger partial charge >= 0.3 is 0 Å². The van der Waals surface area contributed by atoms with Gasteiger partial charge in [0.05, 0.1) is 22.6 Å². The van der Waals surface area contributed by atoms with Crippen LogP contribution < -0.4 is 16.4 Å². The van der Waals surface area contributed by atoms with Crippen molar-refractivity contribution in [3.63, 3.8) is 0 Å². The number of pyridine rings is 1. The number of hydrogen-bond donors (Lipinski definition) is 2. The summed E-state index contributed by atoms with van der Waals surface area (Å²) in [7, 11) is 0. The standard InChI is InChI=1S/C20H22N4/c21-19-16-8-1-2-9-17(16)23-18(20(19)22)13-14-6-5-7-15(12-14)24-10-3-4-11-24/h1-2,5-9,12H,3-4,10-11,13,22H2,(H2,21,23). The van der Waals surface area contributed by atoms with Crippen molar-refractivity contribution in [1.29, 1.82) is 0 Å². The van der Waals surface area contributed by atoms with Crippen LogP contribution in [0.1, 0.15) is 24.1 Å². The first-order valence-electron chi connectivity index (χ1n) is 8.49. The smallest absolute Gasteiger partial charge is 0.0777 e. The number of anilines is 3. The molecule has 4 rings (SSSR count). The average Bonchev–Trinajstić information content (AvgIpc) is 3.14. The first kappa shape index (κ1) is 14.8. The Bertz CT molecular complexity index is 882. The molecule has 3 aromatic rings. The van der Waals surface area contributed by atoms with E-state index in [0.29, 0.717) is 17.8 Å². The summed E-state index contributed by atoms with van der Waals surface area (Å²) in [5.74, 6) is 0. The number of nitrogens with two attached hydrogens (primary N) is 2. The van der Waals surface area contributed by atoms with Gasteiger partial charge in [-0.1, -0.05) is 30.3 Å². The van der Waals surface area contributed by atoms with Gasteiger partial charge in [-0.3, -0.25) is 4.98 Å². The van der Waals surface area contributed by atoms with Crippen molar-refractivity contribution in [1.82, 2.24) is 4.98 Å². The van der Waals surface area contributed by atoms with Crippen LogP contribution in [0.25, 0.3) is 10.9 Å². The second kappa shape index (κ2) is 6.04. The number of nitrogens with zero attached hydrogens (tertiary/aromatic N) is 2. The molecule has 2 aromatic carbocycles. The number of benzene rings is 2. The molecule has 0 bridgehead atoms. The number of fused-ring (bicyclic) bond motifs is 1. The molecule has 0 radical (unpaired) electrons. The molecule has 0 saturated carbocycles. The van der Waals surface area contributed by atoms with Gasteiger partial charge in [-0.05, 0) is 36.6 Å². The van der Waals surface area contributed by atoms with E-state index < -0.39 is 0 Å². The molecule has 1 fully saturated rings. The lowest BCUT2D eigenvalue weighted by atomic mass is 10.0. The van der Waals surface area contributed by atoms with Crippen molar-refractivity contribution in [2.75, 3.05) is 29.5 Å². The highest BCUT2D eigenvalue weighted by atomic mass is 15.1. The highest BCUT2D eigenvalue weighted by Gasteiger charge is 2.14. The van der Waals surface area contributed by atoms with Gasteiger partial charge in [0.25, 0.3) is 0 Å². The van der Waals surface area contributed by atoms with E-state index in [4.69, 9.17) is 16.5 Å². The maximum Gasteiger partial charge on any atom is 0.0777 e. The van der Waals surface area contributed by atoms with Crippen molar-refractivity contribution in [2.45, 2.75) is 19.3 Å². The lowest BCUT2D eigenvalue weighted by Crippen LogP contribution is -2.17. The molecule has 4 nitrogen and oxygen atoms in total. The van der Waals surface area contributed by atoms with Gasteiger partial charge in [-0.2, -0.15) is 0 Å². The number of nitrogen functional groups attached to an aromatic ring is 2. The highest BCUT2D eigenvalue weighted by molar-refractivity contribution is 5.96. The van der Waals surface area contributed by atoms with E-state index in [-0.39, 0.29) is 0 Å². The van der Waals surface area contributed by atoms with Crippen LogP contribution in [0.2, 0.25) is 0 Å². The molecule has 4 N–H and O–H groups in total. The predicted octanol–water partition coefficient (Wildman–Crippen LogP) is 3.59. The Balaban J connectivity index is 1.69. The minimum absolute atomic E-state index is 0.597. The van der Waals surface area contributed by atoms with Crippen molar-refractivity contribution in [3.8, 4) is 0 Å². The first-order valence-corrected chi connectivity index (χ1v) is 8.49. The number of rotatable bonds is 3. The largest absolute Gasteiger partial charge is 0.396 e. The normalized spacial score (nSPS) is 14.4. The van der Waals surface area contributed by atoms with Gasteiger partial charge in [0.2, 0.25) is 0 Å². The van der Waals surface area contributed by atoms with E-state index in [1.807, 2.05) is 24.3 Å². The molecule has 0 amide bonds. The van der Waals surface area contributed by atoms with Crippen LogP contribution in [0.5, 0.6) is 0 Å². The van der Waals surface area contributed by atoms with Crippen LogP contribution >= 0.6 is 0 Å². The van der Waals surface area contributed by atoms with Gasteiger partial charge in [0.1, 0.15) is 0 Å². The fraction of sp³-hybridized carbons (Fsp3) is 0.250. The summed E-state index contributed by atoms with van der Waals surface area (Å²) in [6.45, 7) is 2.29. The van der Waals surface area contributed by atoms with E-state index in [9.17, 15) is 0 Å². The Kier molecular flexibility index (Phi) is 3.73. The molecular weight excluding hydrogens is 296 g/mol. The van der Waals surface area contributed by atoms with Gasteiger partial charge in [-0.25, -0.2) is 0 Å². The summed E-state index contributed by atoms with van der Waals surface area (Å²) in [4.78, 5) is 7.18. The van der Waals surface area contributed by atoms with Gasteiger partial charge < -0.3 is 16.4 Å². The zero-order valence-corrected chi connectivity index (χ0v) is 13.7. The molecule has 0 spiro atoms. The van der Waals surface area contributed by atoms with Crippen LogP contribution in [0, 0.1) is 0 Å². The second-order valence-electron chi connectivity index (χ2n) is 6.44. The Hall–Kier alpha value is -2.75. The third kappa shape index (κ3) is 2.64. The zero-order chi connectivity index (χ0) is 16.5. The van der Waals surface area contributed by atoms with Crippen molar-refractivity contribution in [2.24, 2.45) is 0 Å². The predicted molar refractivity (Wildman–Crippen MR) is 101 cm³/mol. The van der Waals surface area contributed by atoms with Gasteiger partial charge in [0, 0.05) is 30.6 Å². The molecule has 1 saturated heterocycles. The fourth-order valence-electron chi connectivity index (χ4n) is 3.47. The molecule has 122 valence electrons. The summed E-state index contributed by atoms with van der Waals surface area (Å²) in [6, 6.07) is 16.6. The lowest BCUT2D eigenvalue weighted by Gasteiger charge is -2.18. The second-order valence-corrected chi connectivity index (χ2v) is 6.44. The van der Waals surface area contributed by atoms with Gasteiger partial charge in [0.15, 0.2) is 0 Å². The van der Waals surface area contributed by atoms with Crippen LogP contribution in [0.15, 0.2) is 48.5 Å². The van der Waals surface area contributed by atoms with E-state index >= 15 is 0 Å². The summed E-state index contributed by atoms with van der Waals surface area (Å²) in [6.07, 6.45) is 3.25. The minimum atomic E-state index is 0.597. The highest BCUT2D eigenvalue weighted by Crippen LogP contribution is 2.30. The van der Waals surface area contributed by atoms with Crippen LogP contribution in [-0.2, 0) is 6.42 Å². The molecular formula is C20H22N4. The molecule has 0 atom stereocenters. The zero-order valence-electron chi connectivity index (χ0n) is 13.7. The summed E-state index contributed by atoms with van der Waals surface area (Å²) in [5.41, 5.74) is 18.0. The minimum Gasteiger partial charge on any atom is -0.396 e. The summed E-state index contributed by atoms with van der Waals surface area (Å²) < 4.78 is 0. The third-order valence-electron chi connectivity index (χ3n) is 4.80. The Morgan fingerprint density at radius 2 is 1.71 bits per heavy atom. The van der Waals surface area contributed by atoms with E-state index in [0.717, 1.165) is 29.7 Å². The topological polar surface area (TPSA) is 68.2 Å². The SMILES string of the molecule is Nc1c(Cc2cccc(N3CCCC3)c2)nc2ccccc2c1N. The van der Waals surface area contributed by atoms with Crippen molar-refractivity contribution in [3.05, 3.63) is 59.8 Å². The molecule has 0 unspecified atom stereocenters. The van der Waals surface area contributed by atoms with Crippen LogP contribution in [0.3, 0.4) is 0 Å². The molecule has 0 aliphatic carbocycles. The third-order valence-corrected chi connectivity index (χ3v) is 4.80. The monoisotopic (exact) mass is 318 g/mol. The Labute approximate surface area is 142 Å². The maximum absolute atomic E-state index is 6.26. The van der Waals surface area contributed by atoms with Crippen molar-refractivity contribution < 1.29 is 0 Å². The molecule has 1 aliphatic rings. The molecule has 1 aromatic heterocycles. The van der Waals surface area contributed by atoms with Crippen molar-refractivity contribution >= 4 is 28.0 Å². The molecule has 24 heavy (non-hydrogen) atoms. The van der Waals surface area contributed by atoms with E-state index in [2.05, 4.69) is 29.2 Å². The van der Waals surface area contributed by atoms with Gasteiger partial charge in [-0.15, -0.1) is 0 Å². The van der Waals surface area contributed by atoms with E-state index in [1.54, 1.807) is 0 Å². The van der Waals surface area contributed by atoms with Crippen LogP contribution in [-0.4, -0.2) is 18.1 Å². The summed E-state index contributed by atoms with van der Waals surface area (Å²) >= 11 is 0. The quantitative estimate of drug-likeness (QED) is 0.774. The Morgan fingerprint density at radius 3 is 2.54 bits per heavy atom. The number of para-hydroxylation sites is 1. The molecule has 2 heterocycles.